The first-order valence-electron chi connectivity index (χ1n) is 10.6. The van der Waals surface area contributed by atoms with Gasteiger partial charge in [-0.3, -0.25) is 29.4 Å². The maximum atomic E-state index is 12.9. The minimum absolute atomic E-state index is 0.0550. The molecule has 4 rings (SSSR count). The average molecular weight is 501 g/mol. The number of nitrogens with zero attached hydrogens (tertiary/aromatic N) is 1. The van der Waals surface area contributed by atoms with E-state index in [1.165, 1.54) is 12.1 Å². The van der Waals surface area contributed by atoms with Gasteiger partial charge < -0.3 is 10.6 Å². The topological polar surface area (TPSA) is 125 Å². The number of hydrogen-bond donors (Lipinski definition) is 3. The van der Waals surface area contributed by atoms with Gasteiger partial charge in [0, 0.05) is 23.5 Å². The maximum Gasteiger partial charge on any atom is 0.319 e. The van der Waals surface area contributed by atoms with Crippen LogP contribution in [0.25, 0.3) is 0 Å². The third kappa shape index (κ3) is 4.78. The van der Waals surface area contributed by atoms with Gasteiger partial charge in [-0.1, -0.05) is 24.6 Å². The molecule has 0 bridgehead atoms. The minimum atomic E-state index is -1.02. The molecule has 0 radical (unpaired) electrons. The number of benzene rings is 2. The van der Waals surface area contributed by atoms with Crippen molar-refractivity contribution in [2.75, 3.05) is 11.1 Å². The lowest BCUT2D eigenvalue weighted by molar-refractivity contribution is -0.136. The van der Waals surface area contributed by atoms with Crippen LogP contribution in [-0.4, -0.2) is 46.4 Å². The number of thioether (sulfide) groups is 1. The number of carbonyl (C=O) groups is 5. The van der Waals surface area contributed by atoms with Crippen LogP contribution in [0, 0.1) is 0 Å². The van der Waals surface area contributed by atoms with E-state index in [4.69, 9.17) is 11.6 Å². The van der Waals surface area contributed by atoms with Crippen LogP contribution in [0.15, 0.2) is 41.3 Å². The molecule has 0 aromatic heterocycles. The van der Waals surface area contributed by atoms with E-state index in [-0.39, 0.29) is 30.5 Å². The van der Waals surface area contributed by atoms with Crippen molar-refractivity contribution < 1.29 is 24.0 Å². The zero-order chi connectivity index (χ0) is 24.4. The summed E-state index contributed by atoms with van der Waals surface area (Å²) in [5.41, 5.74) is 1.48. The minimum Gasteiger partial charge on any atom is -0.334 e. The highest BCUT2D eigenvalue weighted by Crippen LogP contribution is 2.30. The second-order valence-electron chi connectivity index (χ2n) is 7.71. The Kier molecular flexibility index (Phi) is 6.90. The van der Waals surface area contributed by atoms with Gasteiger partial charge in [-0.15, -0.1) is 11.8 Å². The summed E-state index contributed by atoms with van der Waals surface area (Å²) in [6.07, 6.45) is 0.145. The summed E-state index contributed by atoms with van der Waals surface area (Å²) in [7, 11) is 0. The van der Waals surface area contributed by atoms with Gasteiger partial charge in [-0.05, 0) is 48.1 Å². The molecule has 2 aliphatic rings. The summed E-state index contributed by atoms with van der Waals surface area (Å²) in [5, 5.41) is 8.12. The molecule has 3 N–H and O–H groups in total. The Balaban J connectivity index is 1.40. The first kappa shape index (κ1) is 23.8. The van der Waals surface area contributed by atoms with Crippen molar-refractivity contribution in [1.29, 1.82) is 0 Å². The Bertz CT molecular complexity index is 1220. The number of nitrogens with one attached hydrogen (secondary N) is 3. The molecule has 2 aromatic rings. The van der Waals surface area contributed by atoms with Crippen LogP contribution in [0.2, 0.25) is 5.02 Å². The Morgan fingerprint density at radius 3 is 2.59 bits per heavy atom. The van der Waals surface area contributed by atoms with Gasteiger partial charge in [0.25, 0.3) is 11.8 Å². The summed E-state index contributed by atoms with van der Waals surface area (Å²) >= 11 is 7.83. The highest BCUT2D eigenvalue weighted by Gasteiger charge is 2.44. The fourth-order valence-corrected chi connectivity index (χ4v) is 4.85. The molecule has 0 aliphatic carbocycles. The highest BCUT2D eigenvalue weighted by atomic mass is 35.5. The molecule has 0 saturated carbocycles. The molecule has 6 amide bonds. The molecule has 34 heavy (non-hydrogen) atoms. The van der Waals surface area contributed by atoms with E-state index in [1.54, 1.807) is 30.0 Å². The van der Waals surface area contributed by atoms with Crippen molar-refractivity contribution >= 4 is 58.7 Å². The Morgan fingerprint density at radius 2 is 1.88 bits per heavy atom. The van der Waals surface area contributed by atoms with Crippen molar-refractivity contribution in [2.24, 2.45) is 0 Å². The molecule has 2 aliphatic heterocycles. The Morgan fingerprint density at radius 1 is 1.12 bits per heavy atom. The van der Waals surface area contributed by atoms with E-state index < -0.39 is 35.7 Å². The number of piperidine rings is 1. The van der Waals surface area contributed by atoms with E-state index in [0.29, 0.717) is 16.3 Å². The van der Waals surface area contributed by atoms with Crippen LogP contribution in [0.3, 0.4) is 0 Å². The summed E-state index contributed by atoms with van der Waals surface area (Å²) < 4.78 is 0. The van der Waals surface area contributed by atoms with E-state index in [2.05, 4.69) is 16.0 Å². The second kappa shape index (κ2) is 9.86. The third-order valence-electron chi connectivity index (χ3n) is 5.45. The molecule has 1 saturated heterocycles. The lowest BCUT2D eigenvalue weighted by Gasteiger charge is -2.27. The van der Waals surface area contributed by atoms with Crippen LogP contribution < -0.4 is 16.0 Å². The van der Waals surface area contributed by atoms with Crippen molar-refractivity contribution in [3.05, 3.63) is 58.1 Å². The molecular weight excluding hydrogens is 480 g/mol. The normalized spacial score (nSPS) is 17.5. The van der Waals surface area contributed by atoms with Gasteiger partial charge in [0.15, 0.2) is 0 Å². The summed E-state index contributed by atoms with van der Waals surface area (Å²) in [4.78, 5) is 63.3. The maximum absolute atomic E-state index is 12.9. The highest BCUT2D eigenvalue weighted by molar-refractivity contribution is 7.99. The molecule has 176 valence electrons. The standard InChI is InChI=1S/C23H21ClN4O5S/c1-2-34-18-7-4-13(10-16(18)24)26-23(33)25-11-12-3-5-14-15(9-12)22(32)28(21(14)31)17-6-8-19(29)27-20(17)30/h3-5,7,9-10,17H,2,6,8,11H2,1H3,(H2,25,26,33)(H,27,29,30). The number of imide groups is 2. The molecule has 1 fully saturated rings. The summed E-state index contributed by atoms with van der Waals surface area (Å²) in [6, 6.07) is 8.44. The molecule has 1 atom stereocenters. The van der Waals surface area contributed by atoms with E-state index in [0.717, 1.165) is 15.5 Å². The van der Waals surface area contributed by atoms with Crippen molar-refractivity contribution in [1.82, 2.24) is 15.5 Å². The van der Waals surface area contributed by atoms with Crippen LogP contribution in [0.1, 0.15) is 46.0 Å². The zero-order valence-electron chi connectivity index (χ0n) is 18.1. The SMILES string of the molecule is CCSc1ccc(NC(=O)NCc2ccc3c(c2)C(=O)N(C2CCC(=O)NC2=O)C3=O)cc1Cl. The molecule has 0 spiro atoms. The largest absolute Gasteiger partial charge is 0.334 e. The molecule has 1 unspecified atom stereocenters. The Labute approximate surface area is 204 Å². The zero-order valence-corrected chi connectivity index (χ0v) is 19.7. The second-order valence-corrected chi connectivity index (χ2v) is 9.43. The first-order valence-corrected chi connectivity index (χ1v) is 12.0. The number of hydrogen-bond acceptors (Lipinski definition) is 6. The van der Waals surface area contributed by atoms with Crippen LogP contribution >= 0.6 is 23.4 Å². The van der Waals surface area contributed by atoms with Gasteiger partial charge >= 0.3 is 6.03 Å². The molecular formula is C23H21ClN4O5S. The van der Waals surface area contributed by atoms with Gasteiger partial charge in [0.05, 0.1) is 16.1 Å². The number of carbonyl (C=O) groups excluding carboxylic acids is 5. The number of anilines is 1. The number of urea groups is 1. The van der Waals surface area contributed by atoms with Gasteiger partial charge in [0.1, 0.15) is 6.04 Å². The van der Waals surface area contributed by atoms with Crippen molar-refractivity contribution in [3.63, 3.8) is 0 Å². The molecule has 9 nitrogen and oxygen atoms in total. The van der Waals surface area contributed by atoms with Gasteiger partial charge in [0.2, 0.25) is 11.8 Å². The van der Waals surface area contributed by atoms with Gasteiger partial charge in [-0.2, -0.15) is 0 Å². The van der Waals surface area contributed by atoms with Gasteiger partial charge in [-0.25, -0.2) is 4.79 Å². The average Bonchev–Trinajstić information content (AvgIpc) is 3.04. The number of amides is 6. The smallest absolute Gasteiger partial charge is 0.319 e. The Hall–Kier alpha value is -3.37. The fourth-order valence-electron chi connectivity index (χ4n) is 3.84. The van der Waals surface area contributed by atoms with E-state index >= 15 is 0 Å². The van der Waals surface area contributed by atoms with E-state index in [1.807, 2.05) is 13.0 Å². The lowest BCUT2D eigenvalue weighted by atomic mass is 10.0. The number of halogens is 1. The monoisotopic (exact) mass is 500 g/mol. The molecule has 11 heteroatoms. The van der Waals surface area contributed by atoms with E-state index in [9.17, 15) is 24.0 Å². The van der Waals surface area contributed by atoms with Crippen LogP contribution in [-0.2, 0) is 16.1 Å². The number of rotatable bonds is 6. The quantitative estimate of drug-likeness (QED) is 0.413. The lowest BCUT2D eigenvalue weighted by Crippen LogP contribution is -2.54. The predicted molar refractivity (Wildman–Crippen MR) is 127 cm³/mol. The van der Waals surface area contributed by atoms with Crippen molar-refractivity contribution in [3.8, 4) is 0 Å². The third-order valence-corrected chi connectivity index (χ3v) is 6.83. The number of fused-ring (bicyclic) bond motifs is 1. The van der Waals surface area contributed by atoms with Crippen molar-refractivity contribution in [2.45, 2.75) is 37.2 Å². The molecule has 2 heterocycles. The molecule has 2 aromatic carbocycles. The fraction of sp³-hybridized carbons (Fsp3) is 0.261. The first-order chi connectivity index (χ1) is 16.3. The predicted octanol–water partition coefficient (Wildman–Crippen LogP) is 3.17. The summed E-state index contributed by atoms with van der Waals surface area (Å²) in [5.74, 6) is -1.38. The van der Waals surface area contributed by atoms with Crippen LogP contribution in [0.5, 0.6) is 0 Å². The summed E-state index contributed by atoms with van der Waals surface area (Å²) in [6.45, 7) is 2.13. The van der Waals surface area contributed by atoms with Crippen LogP contribution in [0.4, 0.5) is 10.5 Å².